The molecular formula is C12H21NaO5S. The van der Waals surface area contributed by atoms with Gasteiger partial charge in [-0.05, 0) is 43.2 Å². The molecule has 0 bridgehead atoms. The van der Waals surface area contributed by atoms with Gasteiger partial charge in [0.15, 0.2) is 0 Å². The number of rotatable bonds is 2. The van der Waals surface area contributed by atoms with E-state index >= 15 is 0 Å². The molecule has 0 radical (unpaired) electrons. The molecule has 0 heterocycles. The fraction of sp³-hybridized carbons (Fsp3) is 0.333. The SMILES string of the molecule is CS(C)(C)C.O.O=C(O)c1cccc(C(=O)O)c1.[H-].[Na+]. The number of benzene rings is 1. The molecule has 5 nitrogen and oxygen atoms in total. The van der Waals surface area contributed by atoms with Crippen LogP contribution in [0.3, 0.4) is 0 Å². The van der Waals surface area contributed by atoms with E-state index in [0.717, 1.165) is 6.07 Å². The predicted octanol–water partition coefficient (Wildman–Crippen LogP) is -1.31. The first-order valence-corrected chi connectivity index (χ1v) is 8.08. The van der Waals surface area contributed by atoms with E-state index in [1.807, 2.05) is 0 Å². The van der Waals surface area contributed by atoms with E-state index in [0.29, 0.717) is 0 Å². The molecule has 0 saturated heterocycles. The molecule has 0 spiro atoms. The summed E-state index contributed by atoms with van der Waals surface area (Å²) in [7, 11) is -0.167. The van der Waals surface area contributed by atoms with Crippen LogP contribution in [-0.2, 0) is 0 Å². The van der Waals surface area contributed by atoms with Gasteiger partial charge in [0.1, 0.15) is 0 Å². The maximum atomic E-state index is 10.4. The Hall–Kier alpha value is -0.530. The minimum atomic E-state index is -1.13. The van der Waals surface area contributed by atoms with E-state index in [4.69, 9.17) is 10.2 Å². The maximum Gasteiger partial charge on any atom is 1.00 e. The molecule has 1 rings (SSSR count). The van der Waals surface area contributed by atoms with Crippen LogP contribution in [0.25, 0.3) is 0 Å². The van der Waals surface area contributed by atoms with Crippen molar-refractivity contribution in [3.63, 3.8) is 0 Å². The Morgan fingerprint density at radius 2 is 1.26 bits per heavy atom. The molecule has 0 aliphatic carbocycles. The molecule has 0 aromatic heterocycles. The van der Waals surface area contributed by atoms with Gasteiger partial charge in [0.25, 0.3) is 0 Å². The summed E-state index contributed by atoms with van der Waals surface area (Å²) in [4.78, 5) is 20.8. The van der Waals surface area contributed by atoms with Gasteiger partial charge in [0.05, 0.1) is 11.1 Å². The molecule has 19 heavy (non-hydrogen) atoms. The Bertz CT molecular complexity index is 385. The minimum absolute atomic E-state index is 0. The quantitative estimate of drug-likeness (QED) is 0.661. The van der Waals surface area contributed by atoms with Crippen LogP contribution >= 0.6 is 10.0 Å². The van der Waals surface area contributed by atoms with Crippen molar-refractivity contribution in [3.05, 3.63) is 35.4 Å². The van der Waals surface area contributed by atoms with Crippen molar-refractivity contribution in [2.24, 2.45) is 0 Å². The van der Waals surface area contributed by atoms with Gasteiger partial charge < -0.3 is 17.1 Å². The minimum Gasteiger partial charge on any atom is -1.00 e. The van der Waals surface area contributed by atoms with Crippen molar-refractivity contribution >= 4 is 22.0 Å². The third-order valence-corrected chi connectivity index (χ3v) is 1.36. The number of hydrogen-bond donors (Lipinski definition) is 2. The Labute approximate surface area is 138 Å². The zero-order valence-corrected chi connectivity index (χ0v) is 14.7. The smallest absolute Gasteiger partial charge is 1.00 e. The third kappa shape index (κ3) is 13.7. The van der Waals surface area contributed by atoms with E-state index in [-0.39, 0.29) is 57.6 Å². The van der Waals surface area contributed by atoms with E-state index in [9.17, 15) is 9.59 Å². The van der Waals surface area contributed by atoms with Crippen LogP contribution in [0.1, 0.15) is 22.1 Å². The topological polar surface area (TPSA) is 106 Å². The summed E-state index contributed by atoms with van der Waals surface area (Å²) >= 11 is 0. The van der Waals surface area contributed by atoms with Gasteiger partial charge in [-0.25, -0.2) is 9.59 Å². The maximum absolute atomic E-state index is 10.4. The van der Waals surface area contributed by atoms with Crippen molar-refractivity contribution in [1.82, 2.24) is 0 Å². The number of aromatic carboxylic acids is 2. The average molecular weight is 300 g/mol. The number of carboxylic acid groups (broad SMARTS) is 2. The summed E-state index contributed by atoms with van der Waals surface area (Å²) < 4.78 is 0. The fourth-order valence-electron chi connectivity index (χ4n) is 0.785. The van der Waals surface area contributed by atoms with Crippen molar-refractivity contribution in [2.75, 3.05) is 25.0 Å². The molecule has 7 heteroatoms. The second-order valence-electron chi connectivity index (χ2n) is 4.64. The van der Waals surface area contributed by atoms with Gasteiger partial charge in [-0.1, -0.05) is 6.07 Å². The van der Waals surface area contributed by atoms with E-state index in [2.05, 4.69) is 25.0 Å². The molecule has 0 amide bonds. The summed E-state index contributed by atoms with van der Waals surface area (Å²) in [6.45, 7) is 0. The first-order valence-electron chi connectivity index (χ1n) is 4.81. The molecule has 0 aliphatic rings. The van der Waals surface area contributed by atoms with Crippen LogP contribution in [0.4, 0.5) is 0 Å². The Balaban J connectivity index is -0.000000141. The molecule has 0 unspecified atom stereocenters. The molecule has 0 atom stereocenters. The van der Waals surface area contributed by atoms with Crippen molar-refractivity contribution in [1.29, 1.82) is 0 Å². The standard InChI is InChI=1S/C8H6O4.C4H12S.Na.H2O.H/c9-7(10)5-2-1-3-6(4-5)8(11)12;1-5(2,3)4;;;/h1-4H,(H,9,10)(H,11,12);1-4H3;;1H2;/q;;+1;;-1. The summed E-state index contributed by atoms with van der Waals surface area (Å²) in [5.74, 6) is -2.25. The Morgan fingerprint density at radius 1 is 1.00 bits per heavy atom. The van der Waals surface area contributed by atoms with Gasteiger partial charge >= 0.3 is 41.5 Å². The summed E-state index contributed by atoms with van der Waals surface area (Å²) in [5.41, 5.74) is -0.0372. The summed E-state index contributed by atoms with van der Waals surface area (Å²) in [6.07, 6.45) is 9.08. The summed E-state index contributed by atoms with van der Waals surface area (Å²) in [5, 5.41) is 17.0. The number of carbonyl (C=O) groups is 2. The molecule has 0 aliphatic heterocycles. The molecular weight excluding hydrogens is 279 g/mol. The normalized spacial score (nSPS) is 9.89. The van der Waals surface area contributed by atoms with Crippen LogP contribution < -0.4 is 29.6 Å². The largest absolute Gasteiger partial charge is 1.00 e. The predicted molar refractivity (Wildman–Crippen MR) is 76.4 cm³/mol. The van der Waals surface area contributed by atoms with Crippen molar-refractivity contribution < 1.29 is 56.3 Å². The third-order valence-electron chi connectivity index (χ3n) is 1.36. The molecule has 106 valence electrons. The van der Waals surface area contributed by atoms with Crippen LogP contribution in [-0.4, -0.2) is 52.7 Å². The van der Waals surface area contributed by atoms with Crippen molar-refractivity contribution in [3.8, 4) is 0 Å². The van der Waals surface area contributed by atoms with Gasteiger partial charge in [0, 0.05) is 0 Å². The van der Waals surface area contributed by atoms with E-state index < -0.39 is 11.9 Å². The van der Waals surface area contributed by atoms with Gasteiger partial charge in [-0.2, -0.15) is 0 Å². The second-order valence-corrected chi connectivity index (χ2v) is 9.54. The van der Waals surface area contributed by atoms with Crippen LogP contribution in [0.15, 0.2) is 24.3 Å². The monoisotopic (exact) mass is 300 g/mol. The van der Waals surface area contributed by atoms with Crippen LogP contribution in [0, 0.1) is 0 Å². The summed E-state index contributed by atoms with van der Waals surface area (Å²) in [6, 6.07) is 5.20. The van der Waals surface area contributed by atoms with Gasteiger partial charge in [-0.3, -0.25) is 10.0 Å². The number of hydrogen-bond acceptors (Lipinski definition) is 2. The molecule has 1 aromatic rings. The Morgan fingerprint density at radius 3 is 1.47 bits per heavy atom. The molecule has 1 aromatic carbocycles. The Kier molecular flexibility index (Phi) is 12.7. The van der Waals surface area contributed by atoms with E-state index in [1.165, 1.54) is 18.2 Å². The fourth-order valence-corrected chi connectivity index (χ4v) is 0.785. The van der Waals surface area contributed by atoms with Crippen molar-refractivity contribution in [2.45, 2.75) is 0 Å². The zero-order valence-electron chi connectivity index (χ0n) is 12.9. The first kappa shape index (κ1) is 23.6. The second kappa shape index (κ2) is 10.3. The van der Waals surface area contributed by atoms with Gasteiger partial charge in [0.2, 0.25) is 0 Å². The zero-order chi connectivity index (χ0) is 13.6. The van der Waals surface area contributed by atoms with Gasteiger partial charge in [-0.15, -0.1) is 0 Å². The average Bonchev–Trinajstić information content (AvgIpc) is 2.15. The molecule has 0 saturated carbocycles. The molecule has 4 N–H and O–H groups in total. The molecule has 0 fully saturated rings. The number of carboxylic acids is 2. The van der Waals surface area contributed by atoms with E-state index in [1.54, 1.807) is 0 Å². The van der Waals surface area contributed by atoms with Crippen LogP contribution in [0.5, 0.6) is 0 Å². The van der Waals surface area contributed by atoms with Crippen LogP contribution in [0.2, 0.25) is 0 Å². The first-order chi connectivity index (χ1) is 7.61.